The van der Waals surface area contributed by atoms with Gasteiger partial charge in [0.25, 0.3) is 5.91 Å². The summed E-state index contributed by atoms with van der Waals surface area (Å²) in [5.41, 5.74) is 10.2. The molecule has 25 heavy (non-hydrogen) atoms. The molecule has 0 saturated carbocycles. The van der Waals surface area contributed by atoms with Crippen molar-refractivity contribution in [2.75, 3.05) is 32.0 Å². The number of rotatable bonds is 3. The molecule has 2 aromatic rings. The fourth-order valence-electron chi connectivity index (χ4n) is 3.23. The van der Waals surface area contributed by atoms with E-state index in [0.29, 0.717) is 56.3 Å². The van der Waals surface area contributed by atoms with Gasteiger partial charge in [-0.2, -0.15) is 0 Å². The van der Waals surface area contributed by atoms with E-state index in [1.807, 2.05) is 4.57 Å². The van der Waals surface area contributed by atoms with Gasteiger partial charge in [-0.05, 0) is 12.8 Å². The number of hydrazine groups is 1. The lowest BCUT2D eigenvalue weighted by molar-refractivity contribution is -0.146. The van der Waals surface area contributed by atoms with Gasteiger partial charge >= 0.3 is 0 Å². The molecular formula is C15H21N7O3. The summed E-state index contributed by atoms with van der Waals surface area (Å²) in [5, 5.41) is 1.61. The molecule has 0 unspecified atom stereocenters. The number of ether oxygens (including phenoxy) is 2. The van der Waals surface area contributed by atoms with Crippen molar-refractivity contribution in [1.29, 1.82) is 0 Å². The number of nitrogens with zero attached hydrogens (tertiary/aromatic N) is 5. The van der Waals surface area contributed by atoms with Crippen molar-refractivity contribution < 1.29 is 14.3 Å². The van der Waals surface area contributed by atoms with Gasteiger partial charge in [-0.15, -0.1) is 0 Å². The van der Waals surface area contributed by atoms with Gasteiger partial charge in [0.15, 0.2) is 11.5 Å². The van der Waals surface area contributed by atoms with Crippen LogP contribution < -0.4 is 11.2 Å². The molecule has 4 heterocycles. The minimum absolute atomic E-state index is 0.0324. The summed E-state index contributed by atoms with van der Waals surface area (Å²) in [7, 11) is 0. The summed E-state index contributed by atoms with van der Waals surface area (Å²) in [4.78, 5) is 25.0. The van der Waals surface area contributed by atoms with E-state index < -0.39 is 6.10 Å². The molecule has 2 aliphatic heterocycles. The standard InChI is InChI=1S/C15H21N7O3/c16-13-12-14(18-8-17-13)21(9-19-12)7-10-1-2-11(25-10)15(23)22-4-6-24-5-3-20-22/h8-11,20H,1-7H2,(H2,16,17,18)/t10-,11+/m0/s1. The Bertz CT molecular complexity index is 757. The zero-order valence-corrected chi connectivity index (χ0v) is 13.8. The van der Waals surface area contributed by atoms with Gasteiger partial charge in [-0.25, -0.2) is 20.4 Å². The smallest absolute Gasteiger partial charge is 0.265 e. The van der Waals surface area contributed by atoms with Gasteiger partial charge in [0.05, 0.1) is 38.7 Å². The number of carbonyl (C=O) groups is 1. The molecule has 3 N–H and O–H groups in total. The van der Waals surface area contributed by atoms with Crippen LogP contribution in [0, 0.1) is 0 Å². The van der Waals surface area contributed by atoms with Gasteiger partial charge in [-0.3, -0.25) is 9.80 Å². The number of hydrogen-bond donors (Lipinski definition) is 2. The SMILES string of the molecule is Nc1ncnc2c1ncn2C[C@@H]1CC[C@H](C(=O)N2CCOCCN2)O1. The lowest BCUT2D eigenvalue weighted by Crippen LogP contribution is -2.48. The maximum absolute atomic E-state index is 12.6. The van der Waals surface area contributed by atoms with Crippen molar-refractivity contribution in [1.82, 2.24) is 30.0 Å². The molecule has 0 radical (unpaired) electrons. The van der Waals surface area contributed by atoms with Crippen LogP contribution in [0.1, 0.15) is 12.8 Å². The number of anilines is 1. The highest BCUT2D eigenvalue weighted by Crippen LogP contribution is 2.24. The van der Waals surface area contributed by atoms with Crippen molar-refractivity contribution in [3.05, 3.63) is 12.7 Å². The Labute approximate surface area is 144 Å². The van der Waals surface area contributed by atoms with E-state index in [1.165, 1.54) is 6.33 Å². The summed E-state index contributed by atoms with van der Waals surface area (Å²) in [6.07, 6.45) is 4.12. The summed E-state index contributed by atoms with van der Waals surface area (Å²) in [6, 6.07) is 0. The zero-order chi connectivity index (χ0) is 17.2. The maximum Gasteiger partial charge on any atom is 0.265 e. The molecule has 0 aliphatic carbocycles. The fraction of sp³-hybridized carbons (Fsp3) is 0.600. The lowest BCUT2D eigenvalue weighted by atomic mass is 10.2. The van der Waals surface area contributed by atoms with Crippen LogP contribution in [0.5, 0.6) is 0 Å². The Balaban J connectivity index is 1.40. The van der Waals surface area contributed by atoms with Crippen LogP contribution in [-0.2, 0) is 20.8 Å². The van der Waals surface area contributed by atoms with E-state index in [-0.39, 0.29) is 12.0 Å². The number of nitrogen functional groups attached to an aromatic ring is 1. The highest BCUT2D eigenvalue weighted by atomic mass is 16.5. The number of nitrogens with two attached hydrogens (primary N) is 1. The van der Waals surface area contributed by atoms with Crippen molar-refractivity contribution in [3.63, 3.8) is 0 Å². The molecule has 0 spiro atoms. The number of aromatic nitrogens is 4. The number of fused-ring (bicyclic) bond motifs is 1. The second kappa shape index (κ2) is 6.90. The van der Waals surface area contributed by atoms with Crippen LogP contribution >= 0.6 is 0 Å². The minimum Gasteiger partial charge on any atom is -0.382 e. The number of carbonyl (C=O) groups excluding carboxylic acids is 1. The Kier molecular flexibility index (Phi) is 4.47. The highest BCUT2D eigenvalue weighted by Gasteiger charge is 2.34. The Morgan fingerprint density at radius 1 is 1.32 bits per heavy atom. The molecule has 2 fully saturated rings. The Hall–Kier alpha value is -2.30. The molecular weight excluding hydrogens is 326 g/mol. The first kappa shape index (κ1) is 16.2. The molecule has 1 amide bonds. The van der Waals surface area contributed by atoms with E-state index in [0.717, 1.165) is 6.42 Å². The molecule has 10 nitrogen and oxygen atoms in total. The van der Waals surface area contributed by atoms with E-state index in [2.05, 4.69) is 20.4 Å². The summed E-state index contributed by atoms with van der Waals surface area (Å²) in [5.74, 6) is 0.327. The Morgan fingerprint density at radius 2 is 2.24 bits per heavy atom. The average Bonchev–Trinajstić information content (AvgIpc) is 3.15. The lowest BCUT2D eigenvalue weighted by Gasteiger charge is -2.23. The molecule has 4 rings (SSSR count). The Morgan fingerprint density at radius 3 is 3.16 bits per heavy atom. The zero-order valence-electron chi connectivity index (χ0n) is 13.8. The molecule has 2 saturated heterocycles. The van der Waals surface area contributed by atoms with Gasteiger partial charge in [0.1, 0.15) is 17.9 Å². The largest absolute Gasteiger partial charge is 0.382 e. The summed E-state index contributed by atoms with van der Waals surface area (Å²) in [6.45, 7) is 2.89. The van der Waals surface area contributed by atoms with E-state index in [1.54, 1.807) is 11.3 Å². The maximum atomic E-state index is 12.6. The fourth-order valence-corrected chi connectivity index (χ4v) is 3.23. The first-order valence-corrected chi connectivity index (χ1v) is 8.42. The van der Waals surface area contributed by atoms with Crippen LogP contribution in [0.2, 0.25) is 0 Å². The number of hydrogen-bond acceptors (Lipinski definition) is 8. The minimum atomic E-state index is -0.426. The predicted molar refractivity (Wildman–Crippen MR) is 88.2 cm³/mol. The summed E-state index contributed by atoms with van der Waals surface area (Å²) < 4.78 is 13.2. The quantitative estimate of drug-likeness (QED) is 0.749. The van der Waals surface area contributed by atoms with Crippen LogP contribution in [0.25, 0.3) is 11.2 Å². The van der Waals surface area contributed by atoms with Crippen molar-refractivity contribution >= 4 is 22.9 Å². The van der Waals surface area contributed by atoms with Crippen LogP contribution in [0.4, 0.5) is 5.82 Å². The predicted octanol–water partition coefficient (Wildman–Crippen LogP) is -0.680. The first-order chi connectivity index (χ1) is 12.2. The van der Waals surface area contributed by atoms with Crippen LogP contribution in [-0.4, -0.2) is 68.9 Å². The third kappa shape index (κ3) is 3.28. The van der Waals surface area contributed by atoms with E-state index >= 15 is 0 Å². The number of nitrogens with one attached hydrogen (secondary N) is 1. The third-order valence-electron chi connectivity index (χ3n) is 4.49. The molecule has 2 aromatic heterocycles. The van der Waals surface area contributed by atoms with Gasteiger partial charge < -0.3 is 19.8 Å². The van der Waals surface area contributed by atoms with Gasteiger partial charge in [0, 0.05) is 6.54 Å². The monoisotopic (exact) mass is 347 g/mol. The molecule has 0 bridgehead atoms. The molecule has 0 aromatic carbocycles. The molecule has 2 atom stereocenters. The second-order valence-corrected chi connectivity index (χ2v) is 6.16. The summed E-state index contributed by atoms with van der Waals surface area (Å²) >= 11 is 0. The van der Waals surface area contributed by atoms with Crippen molar-refractivity contribution in [2.45, 2.75) is 31.6 Å². The van der Waals surface area contributed by atoms with Gasteiger partial charge in [-0.1, -0.05) is 0 Å². The second-order valence-electron chi connectivity index (χ2n) is 6.16. The van der Waals surface area contributed by atoms with Gasteiger partial charge in [0.2, 0.25) is 0 Å². The molecule has 10 heteroatoms. The average molecular weight is 347 g/mol. The number of imidazole rings is 1. The topological polar surface area (TPSA) is 120 Å². The third-order valence-corrected chi connectivity index (χ3v) is 4.49. The van der Waals surface area contributed by atoms with E-state index in [4.69, 9.17) is 15.2 Å². The van der Waals surface area contributed by atoms with E-state index in [9.17, 15) is 4.79 Å². The van der Waals surface area contributed by atoms with Crippen molar-refractivity contribution in [3.8, 4) is 0 Å². The molecule has 134 valence electrons. The number of amides is 1. The first-order valence-electron chi connectivity index (χ1n) is 8.42. The highest BCUT2D eigenvalue weighted by molar-refractivity contribution is 5.81. The van der Waals surface area contributed by atoms with Crippen molar-refractivity contribution in [2.24, 2.45) is 0 Å². The van der Waals surface area contributed by atoms with Crippen LogP contribution in [0.15, 0.2) is 12.7 Å². The van der Waals surface area contributed by atoms with Crippen LogP contribution in [0.3, 0.4) is 0 Å². The molecule has 2 aliphatic rings. The normalized spacial score (nSPS) is 24.6.